The van der Waals surface area contributed by atoms with E-state index in [4.69, 9.17) is 10.00 Å². The highest BCUT2D eigenvalue weighted by molar-refractivity contribution is 5.83. The van der Waals surface area contributed by atoms with E-state index in [1.807, 2.05) is 30.3 Å². The van der Waals surface area contributed by atoms with Crippen LogP contribution in [-0.4, -0.2) is 12.5 Å². The zero-order valence-electron chi connectivity index (χ0n) is 13.0. The topological polar surface area (TPSA) is 62.1 Å². The van der Waals surface area contributed by atoms with Gasteiger partial charge in [-0.2, -0.15) is 5.26 Å². The van der Waals surface area contributed by atoms with Crippen LogP contribution in [0.15, 0.2) is 66.7 Å². The van der Waals surface area contributed by atoms with Crippen LogP contribution < -0.4 is 10.1 Å². The SMILES string of the molecule is N#Cc1ccc(OCC(=O)NCc2ccc3ccccc3c2)cc1. The molecule has 0 fully saturated rings. The molecule has 0 aliphatic rings. The van der Waals surface area contributed by atoms with E-state index in [1.165, 1.54) is 5.39 Å². The van der Waals surface area contributed by atoms with Crippen LogP contribution in [0.5, 0.6) is 5.75 Å². The van der Waals surface area contributed by atoms with Crippen molar-refractivity contribution >= 4 is 16.7 Å². The minimum absolute atomic E-state index is 0.0561. The van der Waals surface area contributed by atoms with Gasteiger partial charge in [-0.25, -0.2) is 0 Å². The van der Waals surface area contributed by atoms with Crippen molar-refractivity contribution in [2.24, 2.45) is 0 Å². The van der Waals surface area contributed by atoms with Crippen LogP contribution in [-0.2, 0) is 11.3 Å². The Labute approximate surface area is 140 Å². The van der Waals surface area contributed by atoms with Crippen molar-refractivity contribution in [3.8, 4) is 11.8 Å². The fourth-order valence-corrected chi connectivity index (χ4v) is 2.38. The smallest absolute Gasteiger partial charge is 0.258 e. The molecule has 118 valence electrons. The van der Waals surface area contributed by atoms with Gasteiger partial charge >= 0.3 is 0 Å². The van der Waals surface area contributed by atoms with Gasteiger partial charge in [-0.3, -0.25) is 4.79 Å². The first-order valence-corrected chi connectivity index (χ1v) is 7.62. The van der Waals surface area contributed by atoms with Crippen molar-refractivity contribution in [3.63, 3.8) is 0 Å². The third kappa shape index (κ3) is 3.90. The summed E-state index contributed by atoms with van der Waals surface area (Å²) in [6.45, 7) is 0.403. The molecule has 1 N–H and O–H groups in total. The summed E-state index contributed by atoms with van der Waals surface area (Å²) in [6, 6.07) is 22.9. The molecule has 24 heavy (non-hydrogen) atoms. The van der Waals surface area contributed by atoms with Gasteiger partial charge in [0.1, 0.15) is 5.75 Å². The van der Waals surface area contributed by atoms with Crippen molar-refractivity contribution in [3.05, 3.63) is 77.9 Å². The highest BCUT2D eigenvalue weighted by atomic mass is 16.5. The van der Waals surface area contributed by atoms with Crippen molar-refractivity contribution in [1.82, 2.24) is 5.32 Å². The van der Waals surface area contributed by atoms with Gasteiger partial charge in [0.25, 0.3) is 5.91 Å². The summed E-state index contributed by atoms with van der Waals surface area (Å²) in [6.07, 6.45) is 0. The predicted octanol–water partition coefficient (Wildman–Crippen LogP) is 3.41. The molecule has 3 aromatic rings. The van der Waals surface area contributed by atoms with E-state index in [-0.39, 0.29) is 12.5 Å². The monoisotopic (exact) mass is 316 g/mol. The fourth-order valence-electron chi connectivity index (χ4n) is 2.38. The molecule has 3 rings (SSSR count). The molecule has 0 unspecified atom stereocenters. The number of hydrogen-bond acceptors (Lipinski definition) is 3. The summed E-state index contributed by atoms with van der Waals surface area (Å²) < 4.78 is 5.40. The Morgan fingerprint density at radius 3 is 2.50 bits per heavy atom. The lowest BCUT2D eigenvalue weighted by Crippen LogP contribution is -2.28. The fraction of sp³-hybridized carbons (Fsp3) is 0.100. The molecule has 0 bridgehead atoms. The molecule has 0 heterocycles. The quantitative estimate of drug-likeness (QED) is 0.784. The lowest BCUT2D eigenvalue weighted by atomic mass is 10.1. The largest absolute Gasteiger partial charge is 0.484 e. The van der Waals surface area contributed by atoms with Gasteiger partial charge in [0.15, 0.2) is 6.61 Å². The zero-order chi connectivity index (χ0) is 16.8. The van der Waals surface area contributed by atoms with E-state index in [1.54, 1.807) is 24.3 Å². The molecule has 0 spiro atoms. The number of carbonyl (C=O) groups excluding carboxylic acids is 1. The summed E-state index contributed by atoms with van der Waals surface area (Å²) in [4.78, 5) is 11.9. The molecule has 0 saturated heterocycles. The number of nitriles is 1. The van der Waals surface area contributed by atoms with Crippen LogP contribution in [0, 0.1) is 11.3 Å². The van der Waals surface area contributed by atoms with Gasteiger partial charge in [0.05, 0.1) is 11.6 Å². The second-order valence-electron chi connectivity index (χ2n) is 5.38. The van der Waals surface area contributed by atoms with E-state index in [0.717, 1.165) is 10.9 Å². The Balaban J connectivity index is 1.51. The molecular weight excluding hydrogens is 300 g/mol. The van der Waals surface area contributed by atoms with E-state index in [0.29, 0.717) is 17.9 Å². The van der Waals surface area contributed by atoms with Crippen molar-refractivity contribution in [2.75, 3.05) is 6.61 Å². The van der Waals surface area contributed by atoms with Crippen LogP contribution in [0.1, 0.15) is 11.1 Å². The molecule has 0 aliphatic carbocycles. The van der Waals surface area contributed by atoms with Crippen LogP contribution >= 0.6 is 0 Å². The summed E-state index contributed by atoms with van der Waals surface area (Å²) in [5.74, 6) is 0.377. The third-order valence-corrected chi connectivity index (χ3v) is 3.66. The molecule has 3 aromatic carbocycles. The van der Waals surface area contributed by atoms with E-state index < -0.39 is 0 Å². The summed E-state index contributed by atoms with van der Waals surface area (Å²) in [5.41, 5.74) is 1.60. The number of rotatable bonds is 5. The molecule has 1 amide bonds. The molecule has 4 nitrogen and oxygen atoms in total. The summed E-state index contributed by atoms with van der Waals surface area (Å²) in [7, 11) is 0. The average Bonchev–Trinajstić information content (AvgIpc) is 2.65. The zero-order valence-corrected chi connectivity index (χ0v) is 13.0. The number of amides is 1. The van der Waals surface area contributed by atoms with Crippen LogP contribution in [0.4, 0.5) is 0 Å². The molecule has 4 heteroatoms. The van der Waals surface area contributed by atoms with Crippen molar-refractivity contribution in [1.29, 1.82) is 5.26 Å². The van der Waals surface area contributed by atoms with E-state index in [2.05, 4.69) is 23.5 Å². The molecule has 0 saturated carbocycles. The summed E-state index contributed by atoms with van der Waals surface area (Å²) >= 11 is 0. The van der Waals surface area contributed by atoms with Gasteiger partial charge < -0.3 is 10.1 Å². The number of ether oxygens (including phenoxy) is 1. The Morgan fingerprint density at radius 2 is 1.75 bits per heavy atom. The van der Waals surface area contributed by atoms with Crippen molar-refractivity contribution < 1.29 is 9.53 Å². The second-order valence-corrected chi connectivity index (χ2v) is 5.38. The van der Waals surface area contributed by atoms with Gasteiger partial charge in [0.2, 0.25) is 0 Å². The van der Waals surface area contributed by atoms with Crippen LogP contribution in [0.25, 0.3) is 10.8 Å². The lowest BCUT2D eigenvalue weighted by molar-refractivity contribution is -0.123. The molecule has 0 aliphatic heterocycles. The second kappa shape index (κ2) is 7.30. The van der Waals surface area contributed by atoms with Gasteiger partial charge in [0, 0.05) is 6.54 Å². The molecule has 0 aromatic heterocycles. The third-order valence-electron chi connectivity index (χ3n) is 3.66. The van der Waals surface area contributed by atoms with Crippen molar-refractivity contribution in [2.45, 2.75) is 6.54 Å². The first-order chi connectivity index (χ1) is 11.7. The number of carbonyl (C=O) groups is 1. The lowest BCUT2D eigenvalue weighted by Gasteiger charge is -2.08. The molecule has 0 radical (unpaired) electrons. The average molecular weight is 316 g/mol. The van der Waals surface area contributed by atoms with Gasteiger partial charge in [-0.1, -0.05) is 36.4 Å². The Bertz CT molecular complexity index is 895. The number of fused-ring (bicyclic) bond motifs is 1. The number of hydrogen-bond donors (Lipinski definition) is 1. The molecular formula is C20H16N2O2. The maximum Gasteiger partial charge on any atom is 0.258 e. The highest BCUT2D eigenvalue weighted by Crippen LogP contribution is 2.15. The first-order valence-electron chi connectivity index (χ1n) is 7.62. The van der Waals surface area contributed by atoms with E-state index in [9.17, 15) is 4.79 Å². The predicted molar refractivity (Wildman–Crippen MR) is 92.4 cm³/mol. The maximum atomic E-state index is 11.9. The Hall–Kier alpha value is -3.32. The number of nitrogens with one attached hydrogen (secondary N) is 1. The Kier molecular flexibility index (Phi) is 4.73. The van der Waals surface area contributed by atoms with Gasteiger partial charge in [-0.15, -0.1) is 0 Å². The van der Waals surface area contributed by atoms with Crippen LogP contribution in [0.3, 0.4) is 0 Å². The molecule has 0 atom stereocenters. The Morgan fingerprint density at radius 1 is 1.00 bits per heavy atom. The highest BCUT2D eigenvalue weighted by Gasteiger charge is 2.04. The van der Waals surface area contributed by atoms with E-state index >= 15 is 0 Å². The normalized spacial score (nSPS) is 10.1. The van der Waals surface area contributed by atoms with Gasteiger partial charge in [-0.05, 0) is 46.7 Å². The minimum Gasteiger partial charge on any atom is -0.484 e. The first kappa shape index (κ1) is 15.6. The summed E-state index contributed by atoms with van der Waals surface area (Å²) in [5, 5.41) is 13.9. The minimum atomic E-state index is -0.187. The standard InChI is InChI=1S/C20H16N2O2/c21-12-15-6-9-19(10-7-15)24-14-20(23)22-13-16-5-8-17-3-1-2-4-18(17)11-16/h1-11H,13-14H2,(H,22,23). The number of benzene rings is 3. The van der Waals surface area contributed by atoms with Crippen LogP contribution in [0.2, 0.25) is 0 Å². The maximum absolute atomic E-state index is 11.9. The number of nitrogens with zero attached hydrogens (tertiary/aromatic N) is 1.